The monoisotopic (exact) mass is 331 g/mol. The predicted molar refractivity (Wildman–Crippen MR) is 84.0 cm³/mol. The lowest BCUT2D eigenvalue weighted by atomic mass is 10.1. The van der Waals surface area contributed by atoms with E-state index < -0.39 is 10.9 Å². The number of hydrogen-bond acceptors (Lipinski definition) is 5. The number of hydrogen-bond donors (Lipinski definition) is 0. The molecule has 0 aliphatic rings. The highest BCUT2D eigenvalue weighted by Crippen LogP contribution is 2.29. The average Bonchev–Trinajstić information content (AvgIpc) is 2.84. The van der Waals surface area contributed by atoms with Gasteiger partial charge < -0.3 is 9.15 Å². The lowest BCUT2D eigenvalue weighted by molar-refractivity contribution is -0.384. The van der Waals surface area contributed by atoms with Crippen LogP contribution in [0.5, 0.6) is 5.75 Å². The topological polar surface area (TPSA) is 82.6 Å². The molecule has 0 aliphatic heterocycles. The molecule has 0 unspecified atom stereocenters. The van der Waals surface area contributed by atoms with E-state index in [0.29, 0.717) is 21.6 Å². The summed E-state index contributed by atoms with van der Waals surface area (Å²) in [6.45, 7) is 1.71. The van der Waals surface area contributed by atoms with Gasteiger partial charge in [0.15, 0.2) is 0 Å². The highest BCUT2D eigenvalue weighted by atomic mass is 35.5. The van der Waals surface area contributed by atoms with Crippen LogP contribution in [0, 0.1) is 17.0 Å². The van der Waals surface area contributed by atoms with E-state index in [0.717, 1.165) is 0 Å². The molecule has 0 saturated carbocycles. The average molecular weight is 332 g/mol. The number of nitro groups is 1. The Labute approximate surface area is 135 Å². The van der Waals surface area contributed by atoms with Gasteiger partial charge in [0.05, 0.1) is 11.0 Å². The molecule has 0 saturated heterocycles. The molecule has 116 valence electrons. The minimum Gasteiger partial charge on any atom is -0.449 e. The molecule has 3 aromatic rings. The number of esters is 1. The van der Waals surface area contributed by atoms with Gasteiger partial charge in [-0.25, -0.2) is 4.79 Å². The molecule has 1 heterocycles. The summed E-state index contributed by atoms with van der Waals surface area (Å²) in [5.74, 6) is -0.619. The minimum absolute atomic E-state index is 0.0359. The summed E-state index contributed by atoms with van der Waals surface area (Å²) in [4.78, 5) is 22.4. The number of ether oxygens (including phenoxy) is 1. The van der Waals surface area contributed by atoms with Crippen LogP contribution in [0.4, 0.5) is 5.69 Å². The van der Waals surface area contributed by atoms with Gasteiger partial charge in [-0.2, -0.15) is 0 Å². The van der Waals surface area contributed by atoms with Crippen molar-refractivity contribution in [3.05, 3.63) is 68.9 Å². The SMILES string of the molecule is Cc1c(C(=O)Oc2cccc([N+](=O)[O-])c2)oc2ccc(Cl)cc12. The van der Waals surface area contributed by atoms with E-state index in [2.05, 4.69) is 0 Å². The summed E-state index contributed by atoms with van der Waals surface area (Å²) < 4.78 is 10.7. The molecule has 23 heavy (non-hydrogen) atoms. The maximum absolute atomic E-state index is 12.3. The molecule has 0 amide bonds. The molecule has 0 aliphatic carbocycles. The normalized spacial score (nSPS) is 10.7. The summed E-state index contributed by atoms with van der Waals surface area (Å²) >= 11 is 5.93. The van der Waals surface area contributed by atoms with Gasteiger partial charge in [-0.1, -0.05) is 17.7 Å². The zero-order chi connectivity index (χ0) is 16.6. The van der Waals surface area contributed by atoms with Gasteiger partial charge in [-0.3, -0.25) is 10.1 Å². The van der Waals surface area contributed by atoms with Crippen LogP contribution in [0.3, 0.4) is 0 Å². The lowest BCUT2D eigenvalue weighted by Crippen LogP contribution is -2.08. The number of furan rings is 1. The number of carbonyl (C=O) groups excluding carboxylic acids is 1. The zero-order valence-electron chi connectivity index (χ0n) is 11.9. The second kappa shape index (κ2) is 5.73. The summed E-state index contributed by atoms with van der Waals surface area (Å²) in [7, 11) is 0. The fraction of sp³-hybridized carbons (Fsp3) is 0.0625. The molecule has 0 spiro atoms. The maximum atomic E-state index is 12.3. The van der Waals surface area contributed by atoms with Crippen LogP contribution in [0.2, 0.25) is 5.02 Å². The van der Waals surface area contributed by atoms with Crippen molar-refractivity contribution in [2.75, 3.05) is 0 Å². The fourth-order valence-corrected chi connectivity index (χ4v) is 2.37. The van der Waals surface area contributed by atoms with Crippen molar-refractivity contribution in [3.63, 3.8) is 0 Å². The van der Waals surface area contributed by atoms with Crippen LogP contribution in [0.15, 0.2) is 46.9 Å². The van der Waals surface area contributed by atoms with Crippen molar-refractivity contribution in [2.45, 2.75) is 6.92 Å². The first-order valence-electron chi connectivity index (χ1n) is 6.61. The van der Waals surface area contributed by atoms with Gasteiger partial charge in [0.2, 0.25) is 5.76 Å². The van der Waals surface area contributed by atoms with E-state index in [1.165, 1.54) is 24.3 Å². The van der Waals surface area contributed by atoms with Crippen LogP contribution >= 0.6 is 11.6 Å². The lowest BCUT2D eigenvalue weighted by Gasteiger charge is -2.02. The molecular weight excluding hydrogens is 322 g/mol. The van der Waals surface area contributed by atoms with Crippen LogP contribution < -0.4 is 4.74 Å². The van der Waals surface area contributed by atoms with Gasteiger partial charge in [-0.05, 0) is 31.2 Å². The van der Waals surface area contributed by atoms with Gasteiger partial charge in [0.25, 0.3) is 5.69 Å². The Kier molecular flexibility index (Phi) is 3.75. The van der Waals surface area contributed by atoms with Crippen molar-refractivity contribution >= 4 is 34.2 Å². The number of nitrogens with zero attached hydrogens (tertiary/aromatic N) is 1. The molecule has 0 radical (unpaired) electrons. The quantitative estimate of drug-likeness (QED) is 0.305. The van der Waals surface area contributed by atoms with Crippen LogP contribution in [-0.2, 0) is 0 Å². The molecule has 7 heteroatoms. The summed E-state index contributed by atoms with van der Waals surface area (Å²) in [6, 6.07) is 10.4. The van der Waals surface area contributed by atoms with E-state index >= 15 is 0 Å². The third-order valence-corrected chi connectivity index (χ3v) is 3.56. The first-order chi connectivity index (χ1) is 11.0. The van der Waals surface area contributed by atoms with E-state index in [-0.39, 0.29) is 17.2 Å². The number of non-ortho nitro benzene ring substituents is 1. The fourth-order valence-electron chi connectivity index (χ4n) is 2.20. The number of nitro benzene ring substituents is 1. The Balaban J connectivity index is 1.93. The first-order valence-corrected chi connectivity index (χ1v) is 6.99. The van der Waals surface area contributed by atoms with Crippen molar-refractivity contribution in [1.82, 2.24) is 0 Å². The third-order valence-electron chi connectivity index (χ3n) is 3.32. The maximum Gasteiger partial charge on any atom is 0.379 e. The van der Waals surface area contributed by atoms with Crippen molar-refractivity contribution in [3.8, 4) is 5.75 Å². The van der Waals surface area contributed by atoms with Gasteiger partial charge in [0, 0.05) is 22.0 Å². The Morgan fingerprint density at radius 1 is 1.26 bits per heavy atom. The Bertz CT molecular complexity index is 931. The standard InChI is InChI=1S/C16H10ClNO5/c1-9-13-7-10(17)5-6-14(13)23-15(9)16(19)22-12-4-2-3-11(8-12)18(20)21/h2-8H,1H3. The molecule has 6 nitrogen and oxygen atoms in total. The van der Waals surface area contributed by atoms with Gasteiger partial charge >= 0.3 is 5.97 Å². The molecule has 0 bridgehead atoms. The zero-order valence-corrected chi connectivity index (χ0v) is 12.7. The number of aryl methyl sites for hydroxylation is 1. The van der Waals surface area contributed by atoms with Crippen LogP contribution in [0.1, 0.15) is 16.1 Å². The van der Waals surface area contributed by atoms with Gasteiger partial charge in [0.1, 0.15) is 11.3 Å². The number of halogens is 1. The molecule has 3 rings (SSSR count). The second-order valence-electron chi connectivity index (χ2n) is 4.84. The minimum atomic E-state index is -0.727. The molecule has 0 atom stereocenters. The van der Waals surface area contributed by atoms with Crippen molar-refractivity contribution in [2.24, 2.45) is 0 Å². The Morgan fingerprint density at radius 3 is 2.78 bits per heavy atom. The van der Waals surface area contributed by atoms with Crippen LogP contribution in [-0.4, -0.2) is 10.9 Å². The van der Waals surface area contributed by atoms with Crippen LogP contribution in [0.25, 0.3) is 11.0 Å². The molecule has 2 aromatic carbocycles. The first kappa shape index (κ1) is 15.1. The second-order valence-corrected chi connectivity index (χ2v) is 5.28. The molecule has 1 aromatic heterocycles. The largest absolute Gasteiger partial charge is 0.449 e. The van der Waals surface area contributed by atoms with Gasteiger partial charge in [-0.15, -0.1) is 0 Å². The predicted octanol–water partition coefficient (Wildman–Crippen LogP) is 4.52. The number of fused-ring (bicyclic) bond motifs is 1. The Morgan fingerprint density at radius 2 is 2.04 bits per heavy atom. The Hall–Kier alpha value is -2.86. The van der Waals surface area contributed by atoms with E-state index in [1.807, 2.05) is 0 Å². The summed E-state index contributed by atoms with van der Waals surface area (Å²) in [6.07, 6.45) is 0. The molecule has 0 N–H and O–H groups in total. The van der Waals surface area contributed by atoms with E-state index in [4.69, 9.17) is 20.8 Å². The number of rotatable bonds is 3. The summed E-state index contributed by atoms with van der Waals surface area (Å²) in [5, 5.41) is 12.0. The highest BCUT2D eigenvalue weighted by molar-refractivity contribution is 6.31. The van der Waals surface area contributed by atoms with Crippen molar-refractivity contribution < 1.29 is 18.9 Å². The smallest absolute Gasteiger partial charge is 0.379 e. The molecular formula is C16H10ClNO5. The number of benzene rings is 2. The highest BCUT2D eigenvalue weighted by Gasteiger charge is 2.20. The third kappa shape index (κ3) is 2.89. The number of carbonyl (C=O) groups is 1. The van der Waals surface area contributed by atoms with Crippen molar-refractivity contribution in [1.29, 1.82) is 0 Å². The molecule has 0 fully saturated rings. The van der Waals surface area contributed by atoms with E-state index in [1.54, 1.807) is 25.1 Å². The summed E-state index contributed by atoms with van der Waals surface area (Å²) in [5.41, 5.74) is 0.944. The van der Waals surface area contributed by atoms with E-state index in [9.17, 15) is 14.9 Å².